The Balaban J connectivity index is 1.29. The number of hydrogen-bond donors (Lipinski definition) is 0. The Kier molecular flexibility index (Phi) is 7.47. The molecule has 0 heterocycles. The first-order valence-electron chi connectivity index (χ1n) is 14.4. The minimum atomic E-state index is 1.08. The van der Waals surface area contributed by atoms with Gasteiger partial charge in [-0.2, -0.15) is 0 Å². The van der Waals surface area contributed by atoms with E-state index in [-0.39, 0.29) is 0 Å². The Morgan fingerprint density at radius 2 is 0.744 bits per heavy atom. The summed E-state index contributed by atoms with van der Waals surface area (Å²) < 4.78 is 1.08. The van der Waals surface area contributed by atoms with Gasteiger partial charge in [0.05, 0.1) is 5.69 Å². The Labute approximate surface area is 261 Å². The van der Waals surface area contributed by atoms with Gasteiger partial charge in [0.15, 0.2) is 0 Å². The normalized spacial score (nSPS) is 10.9. The van der Waals surface area contributed by atoms with Crippen molar-refractivity contribution in [2.75, 3.05) is 9.80 Å². The van der Waals surface area contributed by atoms with Crippen molar-refractivity contribution in [1.82, 2.24) is 0 Å². The van der Waals surface area contributed by atoms with Gasteiger partial charge in [-0.15, -0.1) is 0 Å². The number of rotatable bonds is 7. The number of para-hydroxylation sites is 2. The molecule has 7 rings (SSSR count). The van der Waals surface area contributed by atoms with Gasteiger partial charge in [0.25, 0.3) is 0 Å². The van der Waals surface area contributed by atoms with E-state index in [0.29, 0.717) is 0 Å². The van der Waals surface area contributed by atoms with Crippen LogP contribution in [-0.4, -0.2) is 0 Å². The standard InChI is InChI=1S/C40H29BrN2/c41-33-22-18-30(19-23-33)31-20-24-36(25-21-31)42(34-12-3-1-4-13-34)37-26-28-38(29-27-37)43(35-14-5-2-6-15-35)40-17-9-11-32-10-7-8-16-39(32)40/h1-29H. The van der Waals surface area contributed by atoms with E-state index >= 15 is 0 Å². The van der Waals surface area contributed by atoms with E-state index in [1.807, 2.05) is 0 Å². The first-order chi connectivity index (χ1) is 21.2. The molecule has 0 fully saturated rings. The topological polar surface area (TPSA) is 6.48 Å². The number of hydrogen-bond acceptors (Lipinski definition) is 2. The molecule has 0 saturated heterocycles. The molecule has 0 amide bonds. The molecular weight excluding hydrogens is 588 g/mol. The van der Waals surface area contributed by atoms with E-state index in [4.69, 9.17) is 0 Å². The van der Waals surface area contributed by atoms with Crippen LogP contribution in [0.3, 0.4) is 0 Å². The van der Waals surface area contributed by atoms with Gasteiger partial charge in [-0.3, -0.25) is 0 Å². The van der Waals surface area contributed by atoms with Crippen molar-refractivity contribution in [2.24, 2.45) is 0 Å². The second-order valence-electron chi connectivity index (χ2n) is 10.4. The summed E-state index contributed by atoms with van der Waals surface area (Å²) in [5.41, 5.74) is 9.07. The molecule has 0 saturated carbocycles. The van der Waals surface area contributed by atoms with Gasteiger partial charge in [-0.25, -0.2) is 0 Å². The number of fused-ring (bicyclic) bond motifs is 1. The lowest BCUT2D eigenvalue weighted by atomic mass is 10.0. The zero-order valence-corrected chi connectivity index (χ0v) is 25.1. The quantitative estimate of drug-likeness (QED) is 0.176. The van der Waals surface area contributed by atoms with Crippen LogP contribution in [0.1, 0.15) is 0 Å². The van der Waals surface area contributed by atoms with Crippen molar-refractivity contribution in [2.45, 2.75) is 0 Å². The Bertz CT molecular complexity index is 1950. The lowest BCUT2D eigenvalue weighted by Gasteiger charge is -2.29. The molecule has 43 heavy (non-hydrogen) atoms. The van der Waals surface area contributed by atoms with Gasteiger partial charge < -0.3 is 9.80 Å². The molecule has 0 aliphatic rings. The van der Waals surface area contributed by atoms with Crippen LogP contribution in [0.25, 0.3) is 21.9 Å². The van der Waals surface area contributed by atoms with Crippen LogP contribution < -0.4 is 9.80 Å². The highest BCUT2D eigenvalue weighted by molar-refractivity contribution is 9.10. The highest BCUT2D eigenvalue weighted by atomic mass is 79.9. The smallest absolute Gasteiger partial charge is 0.0540 e. The lowest BCUT2D eigenvalue weighted by molar-refractivity contribution is 1.26. The maximum atomic E-state index is 3.54. The Morgan fingerprint density at radius 1 is 0.326 bits per heavy atom. The average Bonchev–Trinajstić information content (AvgIpc) is 3.08. The fourth-order valence-corrected chi connectivity index (χ4v) is 5.89. The van der Waals surface area contributed by atoms with Crippen LogP contribution in [0.2, 0.25) is 0 Å². The first-order valence-corrected chi connectivity index (χ1v) is 15.2. The minimum absolute atomic E-state index is 1.08. The maximum Gasteiger partial charge on any atom is 0.0540 e. The van der Waals surface area contributed by atoms with E-state index in [1.165, 1.54) is 21.9 Å². The molecule has 206 valence electrons. The van der Waals surface area contributed by atoms with Gasteiger partial charge in [0.1, 0.15) is 0 Å². The molecule has 7 aromatic rings. The second-order valence-corrected chi connectivity index (χ2v) is 11.3. The molecule has 3 heteroatoms. The van der Waals surface area contributed by atoms with Gasteiger partial charge in [0.2, 0.25) is 0 Å². The van der Waals surface area contributed by atoms with Crippen LogP contribution in [0.4, 0.5) is 34.1 Å². The number of halogens is 1. The third kappa shape index (κ3) is 5.55. The van der Waals surface area contributed by atoms with Crippen molar-refractivity contribution in [3.8, 4) is 11.1 Å². The van der Waals surface area contributed by atoms with E-state index in [1.54, 1.807) is 0 Å². The second kappa shape index (κ2) is 12.0. The van der Waals surface area contributed by atoms with Gasteiger partial charge in [-0.05, 0) is 95.4 Å². The van der Waals surface area contributed by atoms with Crippen LogP contribution in [0.5, 0.6) is 0 Å². The van der Waals surface area contributed by atoms with Crippen LogP contribution >= 0.6 is 15.9 Å². The predicted octanol–water partition coefficient (Wildman–Crippen LogP) is 12.2. The molecule has 0 aromatic heterocycles. The molecule has 0 radical (unpaired) electrons. The predicted molar refractivity (Wildman–Crippen MR) is 186 cm³/mol. The molecule has 0 spiro atoms. The monoisotopic (exact) mass is 616 g/mol. The summed E-state index contributed by atoms with van der Waals surface area (Å²) in [6.45, 7) is 0. The highest BCUT2D eigenvalue weighted by Gasteiger charge is 2.17. The Hall–Kier alpha value is -5.12. The summed E-state index contributed by atoms with van der Waals surface area (Å²) in [6.07, 6.45) is 0. The third-order valence-corrected chi connectivity index (χ3v) is 8.23. The molecule has 0 atom stereocenters. The van der Waals surface area contributed by atoms with Crippen molar-refractivity contribution in [3.05, 3.63) is 180 Å². The number of nitrogens with zero attached hydrogens (tertiary/aromatic N) is 2. The highest BCUT2D eigenvalue weighted by Crippen LogP contribution is 2.41. The minimum Gasteiger partial charge on any atom is -0.311 e. The van der Waals surface area contributed by atoms with Crippen molar-refractivity contribution < 1.29 is 0 Å². The van der Waals surface area contributed by atoms with Crippen LogP contribution in [0.15, 0.2) is 180 Å². The van der Waals surface area contributed by atoms with Crippen molar-refractivity contribution in [1.29, 1.82) is 0 Å². The summed E-state index contributed by atoms with van der Waals surface area (Å²) in [6, 6.07) is 62.3. The van der Waals surface area contributed by atoms with E-state index in [9.17, 15) is 0 Å². The SMILES string of the molecule is Brc1ccc(-c2ccc(N(c3ccccc3)c3ccc(N(c4ccccc4)c4cccc5ccccc45)cc3)cc2)cc1. The number of benzene rings is 7. The molecule has 0 aliphatic carbocycles. The molecule has 7 aromatic carbocycles. The fourth-order valence-electron chi connectivity index (χ4n) is 5.63. The summed E-state index contributed by atoms with van der Waals surface area (Å²) >= 11 is 3.54. The fraction of sp³-hybridized carbons (Fsp3) is 0. The van der Waals surface area contributed by atoms with E-state index in [0.717, 1.165) is 38.6 Å². The van der Waals surface area contributed by atoms with Crippen molar-refractivity contribution in [3.63, 3.8) is 0 Å². The van der Waals surface area contributed by atoms with Crippen LogP contribution in [-0.2, 0) is 0 Å². The van der Waals surface area contributed by atoms with Gasteiger partial charge >= 0.3 is 0 Å². The number of anilines is 6. The Morgan fingerprint density at radius 3 is 1.35 bits per heavy atom. The maximum absolute atomic E-state index is 3.54. The third-order valence-electron chi connectivity index (χ3n) is 7.71. The molecule has 0 unspecified atom stereocenters. The van der Waals surface area contributed by atoms with E-state index in [2.05, 4.69) is 202 Å². The van der Waals surface area contributed by atoms with Crippen LogP contribution in [0, 0.1) is 0 Å². The first kappa shape index (κ1) is 26.8. The summed E-state index contributed by atoms with van der Waals surface area (Å²) in [5.74, 6) is 0. The lowest BCUT2D eigenvalue weighted by Crippen LogP contribution is -2.12. The van der Waals surface area contributed by atoms with E-state index < -0.39 is 0 Å². The largest absolute Gasteiger partial charge is 0.311 e. The zero-order valence-electron chi connectivity index (χ0n) is 23.5. The molecule has 2 nitrogen and oxygen atoms in total. The molecule has 0 aliphatic heterocycles. The summed E-state index contributed by atoms with van der Waals surface area (Å²) in [7, 11) is 0. The van der Waals surface area contributed by atoms with Gasteiger partial charge in [-0.1, -0.05) is 113 Å². The van der Waals surface area contributed by atoms with Gasteiger partial charge in [0, 0.05) is 38.3 Å². The summed E-state index contributed by atoms with van der Waals surface area (Å²) in [5, 5.41) is 2.44. The molecule has 0 bridgehead atoms. The molecular formula is C40H29BrN2. The van der Waals surface area contributed by atoms with Crippen molar-refractivity contribution >= 4 is 60.8 Å². The average molecular weight is 618 g/mol. The summed E-state index contributed by atoms with van der Waals surface area (Å²) in [4.78, 5) is 4.64. The molecule has 0 N–H and O–H groups in total. The zero-order chi connectivity index (χ0) is 29.0.